The lowest BCUT2D eigenvalue weighted by Gasteiger charge is -2.32. The molecule has 1 aliphatic carbocycles. The van der Waals surface area contributed by atoms with Gasteiger partial charge in [0.05, 0.1) is 0 Å². The molecule has 3 heteroatoms. The van der Waals surface area contributed by atoms with Crippen LogP contribution in [0, 0.1) is 5.92 Å². The van der Waals surface area contributed by atoms with E-state index < -0.39 is 0 Å². The monoisotopic (exact) mass is 272 g/mol. The molecule has 2 N–H and O–H groups in total. The van der Waals surface area contributed by atoms with Crippen molar-refractivity contribution in [2.24, 2.45) is 5.92 Å². The summed E-state index contributed by atoms with van der Waals surface area (Å²) < 4.78 is 0. The normalized spacial score (nSPS) is 28.6. The first-order valence-electron chi connectivity index (χ1n) is 7.92. The molecule has 0 spiro atoms. The van der Waals surface area contributed by atoms with Crippen LogP contribution in [0.3, 0.4) is 0 Å². The SMILES string of the molecule is CCC1CCCCC1NC(=O)[C@@H]1Cc2ccccc2N1. The van der Waals surface area contributed by atoms with Gasteiger partial charge in [-0.1, -0.05) is 44.4 Å². The Morgan fingerprint density at radius 1 is 1.30 bits per heavy atom. The minimum Gasteiger partial charge on any atom is -0.373 e. The van der Waals surface area contributed by atoms with Crippen LogP contribution in [0.2, 0.25) is 0 Å². The van der Waals surface area contributed by atoms with Gasteiger partial charge in [-0.05, 0) is 30.4 Å². The van der Waals surface area contributed by atoms with E-state index in [1.165, 1.54) is 31.2 Å². The van der Waals surface area contributed by atoms with Crippen molar-refractivity contribution in [2.45, 2.75) is 57.5 Å². The number of carbonyl (C=O) groups is 1. The van der Waals surface area contributed by atoms with Crippen LogP contribution in [-0.2, 0) is 11.2 Å². The number of benzene rings is 1. The highest BCUT2D eigenvalue weighted by Gasteiger charge is 2.30. The van der Waals surface area contributed by atoms with Crippen LogP contribution >= 0.6 is 0 Å². The van der Waals surface area contributed by atoms with Crippen LogP contribution in [-0.4, -0.2) is 18.0 Å². The molecular formula is C17H24N2O. The van der Waals surface area contributed by atoms with Crippen LogP contribution in [0.1, 0.15) is 44.6 Å². The van der Waals surface area contributed by atoms with Gasteiger partial charge in [0.2, 0.25) is 5.91 Å². The second-order valence-corrected chi connectivity index (χ2v) is 6.13. The molecule has 0 bridgehead atoms. The summed E-state index contributed by atoms with van der Waals surface area (Å²) in [4.78, 5) is 12.5. The maximum atomic E-state index is 12.5. The zero-order valence-corrected chi connectivity index (χ0v) is 12.2. The summed E-state index contributed by atoms with van der Waals surface area (Å²) in [6.45, 7) is 2.23. The molecule has 3 rings (SSSR count). The summed E-state index contributed by atoms with van der Waals surface area (Å²) >= 11 is 0. The van der Waals surface area contributed by atoms with Gasteiger partial charge < -0.3 is 10.6 Å². The minimum atomic E-state index is -0.0909. The van der Waals surface area contributed by atoms with Crippen molar-refractivity contribution in [1.82, 2.24) is 5.32 Å². The molecule has 2 unspecified atom stereocenters. The number of para-hydroxylation sites is 1. The Labute approximate surface area is 121 Å². The summed E-state index contributed by atoms with van der Waals surface area (Å²) in [7, 11) is 0. The maximum absolute atomic E-state index is 12.5. The fraction of sp³-hybridized carbons (Fsp3) is 0.588. The average molecular weight is 272 g/mol. The smallest absolute Gasteiger partial charge is 0.243 e. The molecule has 1 saturated carbocycles. The third-order valence-corrected chi connectivity index (χ3v) is 4.85. The third-order valence-electron chi connectivity index (χ3n) is 4.85. The highest BCUT2D eigenvalue weighted by molar-refractivity contribution is 5.87. The van der Waals surface area contributed by atoms with Crippen molar-refractivity contribution >= 4 is 11.6 Å². The van der Waals surface area contributed by atoms with Crippen molar-refractivity contribution in [1.29, 1.82) is 0 Å². The molecule has 1 aromatic carbocycles. The van der Waals surface area contributed by atoms with E-state index in [4.69, 9.17) is 0 Å². The topological polar surface area (TPSA) is 41.1 Å². The molecule has 3 atom stereocenters. The van der Waals surface area contributed by atoms with E-state index in [1.807, 2.05) is 12.1 Å². The van der Waals surface area contributed by atoms with Crippen LogP contribution in [0.4, 0.5) is 5.69 Å². The summed E-state index contributed by atoms with van der Waals surface area (Å²) in [6.07, 6.45) is 6.95. The maximum Gasteiger partial charge on any atom is 0.243 e. The number of carbonyl (C=O) groups excluding carboxylic acids is 1. The average Bonchev–Trinajstić information content (AvgIpc) is 2.92. The van der Waals surface area contributed by atoms with E-state index in [1.54, 1.807) is 0 Å². The molecule has 1 fully saturated rings. The van der Waals surface area contributed by atoms with Gasteiger partial charge in [0.15, 0.2) is 0 Å². The summed E-state index contributed by atoms with van der Waals surface area (Å²) in [5, 5.41) is 6.64. The van der Waals surface area contributed by atoms with E-state index in [0.717, 1.165) is 18.5 Å². The number of anilines is 1. The van der Waals surface area contributed by atoms with E-state index in [-0.39, 0.29) is 11.9 Å². The molecule has 1 aliphatic heterocycles. The van der Waals surface area contributed by atoms with E-state index in [9.17, 15) is 4.79 Å². The van der Waals surface area contributed by atoms with Crippen molar-refractivity contribution in [3.05, 3.63) is 29.8 Å². The highest BCUT2D eigenvalue weighted by Crippen LogP contribution is 2.28. The van der Waals surface area contributed by atoms with Gasteiger partial charge in [0.25, 0.3) is 0 Å². The van der Waals surface area contributed by atoms with Gasteiger partial charge in [0, 0.05) is 18.2 Å². The molecule has 1 heterocycles. The summed E-state index contributed by atoms with van der Waals surface area (Å²) in [5.41, 5.74) is 2.37. The molecule has 108 valence electrons. The van der Waals surface area contributed by atoms with Crippen LogP contribution in [0.5, 0.6) is 0 Å². The third kappa shape index (κ3) is 2.67. The number of nitrogens with one attached hydrogen (secondary N) is 2. The number of amides is 1. The molecule has 3 nitrogen and oxygen atoms in total. The molecule has 0 saturated heterocycles. The second-order valence-electron chi connectivity index (χ2n) is 6.13. The molecule has 1 aromatic rings. The standard InChI is InChI=1S/C17H24N2O/c1-2-12-7-3-5-9-14(12)19-17(20)16-11-13-8-4-6-10-15(13)18-16/h4,6,8,10,12,14,16,18H,2-3,5,7,9,11H2,1H3,(H,19,20)/t12?,14?,16-/m0/s1. The first-order valence-corrected chi connectivity index (χ1v) is 7.92. The minimum absolute atomic E-state index is 0.0909. The van der Waals surface area contributed by atoms with E-state index in [2.05, 4.69) is 29.7 Å². The van der Waals surface area contributed by atoms with Crippen molar-refractivity contribution < 1.29 is 4.79 Å². The number of hydrogen-bond acceptors (Lipinski definition) is 2. The van der Waals surface area contributed by atoms with Gasteiger partial charge in [-0.15, -0.1) is 0 Å². The largest absolute Gasteiger partial charge is 0.373 e. The van der Waals surface area contributed by atoms with Crippen LogP contribution in [0.25, 0.3) is 0 Å². The first kappa shape index (κ1) is 13.5. The Hall–Kier alpha value is -1.51. The van der Waals surface area contributed by atoms with Crippen molar-refractivity contribution in [3.8, 4) is 0 Å². The zero-order valence-electron chi connectivity index (χ0n) is 12.2. The lowest BCUT2D eigenvalue weighted by atomic mass is 9.83. The Kier molecular flexibility index (Phi) is 3.95. The van der Waals surface area contributed by atoms with E-state index in [0.29, 0.717) is 12.0 Å². The zero-order chi connectivity index (χ0) is 13.9. The Morgan fingerprint density at radius 3 is 2.90 bits per heavy atom. The molecule has 0 aromatic heterocycles. The molecule has 1 amide bonds. The van der Waals surface area contributed by atoms with Crippen molar-refractivity contribution in [3.63, 3.8) is 0 Å². The highest BCUT2D eigenvalue weighted by atomic mass is 16.2. The molecule has 2 aliphatic rings. The van der Waals surface area contributed by atoms with E-state index >= 15 is 0 Å². The number of hydrogen-bond donors (Lipinski definition) is 2. The molecule has 0 radical (unpaired) electrons. The second kappa shape index (κ2) is 5.86. The van der Waals surface area contributed by atoms with Gasteiger partial charge >= 0.3 is 0 Å². The van der Waals surface area contributed by atoms with Gasteiger partial charge in [0.1, 0.15) is 6.04 Å². The fourth-order valence-corrected chi connectivity index (χ4v) is 3.63. The number of fused-ring (bicyclic) bond motifs is 1. The quantitative estimate of drug-likeness (QED) is 0.887. The summed E-state index contributed by atoms with van der Waals surface area (Å²) in [5.74, 6) is 0.836. The van der Waals surface area contributed by atoms with Gasteiger partial charge in [-0.2, -0.15) is 0 Å². The van der Waals surface area contributed by atoms with Gasteiger partial charge in [-0.3, -0.25) is 4.79 Å². The number of rotatable bonds is 3. The fourth-order valence-electron chi connectivity index (χ4n) is 3.63. The summed E-state index contributed by atoms with van der Waals surface area (Å²) in [6, 6.07) is 8.50. The van der Waals surface area contributed by atoms with Crippen molar-refractivity contribution in [2.75, 3.05) is 5.32 Å². The lowest BCUT2D eigenvalue weighted by molar-refractivity contribution is -0.123. The Morgan fingerprint density at radius 2 is 2.10 bits per heavy atom. The first-order chi connectivity index (χ1) is 9.78. The predicted octanol–water partition coefficient (Wildman–Crippen LogP) is 3.11. The van der Waals surface area contributed by atoms with Crippen LogP contribution in [0.15, 0.2) is 24.3 Å². The predicted molar refractivity (Wildman–Crippen MR) is 81.7 cm³/mol. The molecular weight excluding hydrogens is 248 g/mol. The molecule has 20 heavy (non-hydrogen) atoms. The van der Waals surface area contributed by atoms with Gasteiger partial charge in [-0.25, -0.2) is 0 Å². The van der Waals surface area contributed by atoms with Crippen LogP contribution < -0.4 is 10.6 Å². The Bertz CT molecular complexity index is 461. The lowest BCUT2D eigenvalue weighted by Crippen LogP contribution is -2.47. The Balaban J connectivity index is 1.60.